The molecule has 1 aliphatic rings. The number of ether oxygens (including phenoxy) is 1. The molecule has 2 amide bonds. The summed E-state index contributed by atoms with van der Waals surface area (Å²) in [6, 6.07) is 11.7. The topological polar surface area (TPSA) is 58.6 Å². The average Bonchev–Trinajstić information content (AvgIpc) is 2.91. The zero-order chi connectivity index (χ0) is 17.3. The van der Waals surface area contributed by atoms with Gasteiger partial charge in [-0.05, 0) is 36.8 Å². The van der Waals surface area contributed by atoms with E-state index in [2.05, 4.69) is 5.32 Å². The lowest BCUT2D eigenvalue weighted by atomic mass is 10.1. The van der Waals surface area contributed by atoms with Crippen LogP contribution in [0.5, 0.6) is 5.75 Å². The van der Waals surface area contributed by atoms with Crippen LogP contribution in [0.15, 0.2) is 42.5 Å². The van der Waals surface area contributed by atoms with Gasteiger partial charge in [0.2, 0.25) is 5.91 Å². The molecule has 0 fully saturated rings. The summed E-state index contributed by atoms with van der Waals surface area (Å²) in [6.45, 7) is 2.13. The van der Waals surface area contributed by atoms with Crippen LogP contribution in [0.4, 0.5) is 5.69 Å². The number of amides is 2. The zero-order valence-electron chi connectivity index (χ0n) is 13.4. The van der Waals surface area contributed by atoms with Gasteiger partial charge in [-0.15, -0.1) is 0 Å². The highest BCUT2D eigenvalue weighted by Gasteiger charge is 2.33. The monoisotopic (exact) mass is 344 g/mol. The Morgan fingerprint density at radius 1 is 1.29 bits per heavy atom. The van der Waals surface area contributed by atoms with E-state index in [1.54, 1.807) is 36.1 Å². The Bertz CT molecular complexity index is 807. The SMILES string of the molecule is COc1ccc(Cl)cc1NC(=O)[C@H](C)N1Cc2ccccc2C1=O. The molecule has 2 aromatic rings. The summed E-state index contributed by atoms with van der Waals surface area (Å²) in [7, 11) is 1.52. The Labute approximate surface area is 145 Å². The summed E-state index contributed by atoms with van der Waals surface area (Å²) in [5, 5.41) is 3.27. The molecule has 0 radical (unpaired) electrons. The Balaban J connectivity index is 1.77. The summed E-state index contributed by atoms with van der Waals surface area (Å²) in [4.78, 5) is 26.6. The summed E-state index contributed by atoms with van der Waals surface area (Å²) >= 11 is 5.98. The van der Waals surface area contributed by atoms with Crippen LogP contribution in [0.3, 0.4) is 0 Å². The van der Waals surface area contributed by atoms with Gasteiger partial charge in [0.25, 0.3) is 5.91 Å². The van der Waals surface area contributed by atoms with E-state index in [1.165, 1.54) is 7.11 Å². The molecule has 6 heteroatoms. The molecule has 24 heavy (non-hydrogen) atoms. The van der Waals surface area contributed by atoms with Crippen molar-refractivity contribution < 1.29 is 14.3 Å². The van der Waals surface area contributed by atoms with Crippen molar-refractivity contribution in [3.8, 4) is 5.75 Å². The first-order valence-corrected chi connectivity index (χ1v) is 7.92. The number of fused-ring (bicyclic) bond motifs is 1. The molecule has 0 saturated heterocycles. The molecular weight excluding hydrogens is 328 g/mol. The molecule has 0 aliphatic carbocycles. The number of methoxy groups -OCH3 is 1. The lowest BCUT2D eigenvalue weighted by Crippen LogP contribution is -2.42. The predicted molar refractivity (Wildman–Crippen MR) is 92.4 cm³/mol. The molecule has 0 bridgehead atoms. The van der Waals surface area contributed by atoms with Gasteiger partial charge in [-0.2, -0.15) is 0 Å². The normalized spacial score (nSPS) is 14.3. The van der Waals surface area contributed by atoms with E-state index in [9.17, 15) is 9.59 Å². The lowest BCUT2D eigenvalue weighted by molar-refractivity contribution is -0.120. The molecule has 1 heterocycles. The quantitative estimate of drug-likeness (QED) is 0.925. The first-order chi connectivity index (χ1) is 11.5. The molecular formula is C18H17ClN2O3. The Morgan fingerprint density at radius 2 is 2.04 bits per heavy atom. The number of hydrogen-bond acceptors (Lipinski definition) is 3. The molecule has 1 atom stereocenters. The maximum absolute atomic E-state index is 12.6. The van der Waals surface area contributed by atoms with Crippen LogP contribution in [-0.2, 0) is 11.3 Å². The van der Waals surface area contributed by atoms with E-state index in [1.807, 2.05) is 18.2 Å². The molecule has 1 aliphatic heterocycles. The molecule has 2 aromatic carbocycles. The van der Waals surface area contributed by atoms with Gasteiger partial charge in [0.05, 0.1) is 12.8 Å². The third-order valence-electron chi connectivity index (χ3n) is 4.12. The van der Waals surface area contributed by atoms with Crippen LogP contribution in [0, 0.1) is 0 Å². The van der Waals surface area contributed by atoms with Gasteiger partial charge >= 0.3 is 0 Å². The second-order valence-electron chi connectivity index (χ2n) is 5.60. The predicted octanol–water partition coefficient (Wildman–Crippen LogP) is 3.33. The summed E-state index contributed by atoms with van der Waals surface area (Å²) in [5.74, 6) is 0.0824. The standard InChI is InChI=1S/C18H17ClN2O3/c1-11(21-10-12-5-3-4-6-14(12)18(21)23)17(22)20-15-9-13(19)7-8-16(15)24-2/h3-9,11H,10H2,1-2H3,(H,20,22)/t11-/m0/s1. The molecule has 0 aromatic heterocycles. The number of rotatable bonds is 4. The van der Waals surface area contributed by atoms with Crippen LogP contribution >= 0.6 is 11.6 Å². The fourth-order valence-corrected chi connectivity index (χ4v) is 2.92. The average molecular weight is 345 g/mol. The highest BCUT2D eigenvalue weighted by Crippen LogP contribution is 2.29. The highest BCUT2D eigenvalue weighted by molar-refractivity contribution is 6.31. The zero-order valence-corrected chi connectivity index (χ0v) is 14.1. The van der Waals surface area contributed by atoms with Crippen molar-refractivity contribution >= 4 is 29.1 Å². The third kappa shape index (κ3) is 2.95. The van der Waals surface area contributed by atoms with E-state index in [4.69, 9.17) is 16.3 Å². The van der Waals surface area contributed by atoms with E-state index in [0.29, 0.717) is 28.6 Å². The number of hydrogen-bond donors (Lipinski definition) is 1. The number of nitrogens with one attached hydrogen (secondary N) is 1. The van der Waals surface area contributed by atoms with Crippen LogP contribution in [-0.4, -0.2) is 29.9 Å². The number of anilines is 1. The van der Waals surface area contributed by atoms with E-state index in [-0.39, 0.29) is 11.8 Å². The number of benzene rings is 2. The third-order valence-corrected chi connectivity index (χ3v) is 4.35. The summed E-state index contributed by atoms with van der Waals surface area (Å²) in [5.41, 5.74) is 2.06. The van der Waals surface area contributed by atoms with E-state index in [0.717, 1.165) is 5.56 Å². The van der Waals surface area contributed by atoms with Gasteiger partial charge in [-0.25, -0.2) is 0 Å². The molecule has 0 spiro atoms. The lowest BCUT2D eigenvalue weighted by Gasteiger charge is -2.23. The Morgan fingerprint density at radius 3 is 2.75 bits per heavy atom. The van der Waals surface area contributed by atoms with Crippen molar-refractivity contribution in [2.75, 3.05) is 12.4 Å². The summed E-state index contributed by atoms with van der Waals surface area (Å²) < 4.78 is 5.22. The van der Waals surface area contributed by atoms with E-state index < -0.39 is 6.04 Å². The van der Waals surface area contributed by atoms with Crippen LogP contribution in [0.2, 0.25) is 5.02 Å². The highest BCUT2D eigenvalue weighted by atomic mass is 35.5. The van der Waals surface area contributed by atoms with Crippen molar-refractivity contribution in [1.29, 1.82) is 0 Å². The van der Waals surface area contributed by atoms with Crippen molar-refractivity contribution in [2.45, 2.75) is 19.5 Å². The second-order valence-corrected chi connectivity index (χ2v) is 6.04. The smallest absolute Gasteiger partial charge is 0.255 e. The molecule has 0 unspecified atom stereocenters. The van der Waals surface area contributed by atoms with Crippen molar-refractivity contribution in [3.63, 3.8) is 0 Å². The maximum atomic E-state index is 12.6. The van der Waals surface area contributed by atoms with Gasteiger partial charge in [-0.1, -0.05) is 29.8 Å². The minimum atomic E-state index is -0.617. The minimum absolute atomic E-state index is 0.133. The minimum Gasteiger partial charge on any atom is -0.495 e. The number of carbonyl (C=O) groups excluding carboxylic acids is 2. The number of nitrogens with zero attached hydrogens (tertiary/aromatic N) is 1. The van der Waals surface area contributed by atoms with Crippen LogP contribution < -0.4 is 10.1 Å². The van der Waals surface area contributed by atoms with Crippen molar-refractivity contribution in [3.05, 3.63) is 58.6 Å². The van der Waals surface area contributed by atoms with Crippen LogP contribution in [0.1, 0.15) is 22.8 Å². The van der Waals surface area contributed by atoms with Crippen molar-refractivity contribution in [1.82, 2.24) is 4.90 Å². The molecule has 3 rings (SSSR count). The first kappa shape index (κ1) is 16.3. The van der Waals surface area contributed by atoms with Gasteiger partial charge in [0, 0.05) is 17.1 Å². The van der Waals surface area contributed by atoms with Gasteiger partial charge in [0.1, 0.15) is 11.8 Å². The fraction of sp³-hybridized carbons (Fsp3) is 0.222. The van der Waals surface area contributed by atoms with Gasteiger partial charge in [0.15, 0.2) is 0 Å². The largest absolute Gasteiger partial charge is 0.495 e. The Kier molecular flexibility index (Phi) is 4.44. The van der Waals surface area contributed by atoms with Crippen molar-refractivity contribution in [2.24, 2.45) is 0 Å². The first-order valence-electron chi connectivity index (χ1n) is 7.54. The Hall–Kier alpha value is -2.53. The van der Waals surface area contributed by atoms with Gasteiger partial charge in [-0.3, -0.25) is 9.59 Å². The second kappa shape index (κ2) is 6.53. The van der Waals surface area contributed by atoms with Crippen LogP contribution in [0.25, 0.3) is 0 Å². The van der Waals surface area contributed by atoms with E-state index >= 15 is 0 Å². The van der Waals surface area contributed by atoms with Gasteiger partial charge < -0.3 is 15.0 Å². The maximum Gasteiger partial charge on any atom is 0.255 e. The molecule has 5 nitrogen and oxygen atoms in total. The molecule has 0 saturated carbocycles. The molecule has 1 N–H and O–H groups in total. The number of halogens is 1. The summed E-state index contributed by atoms with van der Waals surface area (Å²) in [6.07, 6.45) is 0. The number of carbonyl (C=O) groups is 2. The fourth-order valence-electron chi connectivity index (χ4n) is 2.75. The molecule has 124 valence electrons.